The Morgan fingerprint density at radius 3 is 2.71 bits per heavy atom. The summed E-state index contributed by atoms with van der Waals surface area (Å²) in [6, 6.07) is 6.37. The normalized spacial score (nSPS) is 25.3. The Morgan fingerprint density at radius 2 is 2.00 bits per heavy atom. The van der Waals surface area contributed by atoms with Gasteiger partial charge in [-0.1, -0.05) is 6.07 Å². The Kier molecular flexibility index (Phi) is 2.29. The third-order valence-corrected chi connectivity index (χ3v) is 4.24. The minimum atomic E-state index is -0.307. The third-order valence-electron chi connectivity index (χ3n) is 4.24. The number of aryl methyl sites for hydroxylation is 2. The molecule has 1 unspecified atom stereocenters. The molecule has 0 saturated heterocycles. The lowest BCUT2D eigenvalue weighted by molar-refractivity contribution is -0.148. The van der Waals surface area contributed by atoms with E-state index in [1.54, 1.807) is 0 Å². The quantitative estimate of drug-likeness (QED) is 0.781. The molecule has 17 heavy (non-hydrogen) atoms. The van der Waals surface area contributed by atoms with Gasteiger partial charge in [-0.3, -0.25) is 4.79 Å². The standard InChI is InChI=1S/C15H18O2/c1-15(2)13(16)9-14(15)17-12-7-6-10-4-3-5-11(10)8-12/h6-8,14H,3-5,9H2,1-2H3. The summed E-state index contributed by atoms with van der Waals surface area (Å²) in [4.78, 5) is 11.5. The lowest BCUT2D eigenvalue weighted by atomic mass is 9.68. The van der Waals surface area contributed by atoms with Crippen molar-refractivity contribution in [2.75, 3.05) is 0 Å². The van der Waals surface area contributed by atoms with Crippen molar-refractivity contribution >= 4 is 5.78 Å². The van der Waals surface area contributed by atoms with Gasteiger partial charge in [-0.05, 0) is 56.4 Å². The topological polar surface area (TPSA) is 26.3 Å². The molecule has 1 saturated carbocycles. The van der Waals surface area contributed by atoms with Crippen molar-refractivity contribution < 1.29 is 9.53 Å². The van der Waals surface area contributed by atoms with Crippen LogP contribution < -0.4 is 4.74 Å². The fourth-order valence-corrected chi connectivity index (χ4v) is 2.71. The monoisotopic (exact) mass is 230 g/mol. The van der Waals surface area contributed by atoms with Crippen molar-refractivity contribution in [3.05, 3.63) is 29.3 Å². The van der Waals surface area contributed by atoms with Crippen LogP contribution >= 0.6 is 0 Å². The molecule has 1 aromatic rings. The zero-order chi connectivity index (χ0) is 12.0. The van der Waals surface area contributed by atoms with Crippen molar-refractivity contribution in [3.63, 3.8) is 0 Å². The maximum atomic E-state index is 11.5. The molecular formula is C15H18O2. The van der Waals surface area contributed by atoms with E-state index in [-0.39, 0.29) is 11.5 Å². The number of Topliss-reactive ketones (excluding diaryl/α,β-unsaturated/α-hetero) is 1. The molecule has 0 amide bonds. The van der Waals surface area contributed by atoms with E-state index in [4.69, 9.17) is 4.74 Å². The largest absolute Gasteiger partial charge is 0.489 e. The Balaban J connectivity index is 1.76. The summed E-state index contributed by atoms with van der Waals surface area (Å²) in [6.07, 6.45) is 4.23. The highest BCUT2D eigenvalue weighted by Crippen LogP contribution is 2.39. The van der Waals surface area contributed by atoms with Crippen molar-refractivity contribution in [1.82, 2.24) is 0 Å². The van der Waals surface area contributed by atoms with Crippen LogP contribution in [-0.2, 0) is 17.6 Å². The van der Waals surface area contributed by atoms with E-state index in [9.17, 15) is 4.79 Å². The second-order valence-electron chi connectivity index (χ2n) is 5.74. The minimum absolute atomic E-state index is 0.0504. The Bertz CT molecular complexity index is 474. The van der Waals surface area contributed by atoms with Crippen LogP contribution in [0, 0.1) is 5.41 Å². The van der Waals surface area contributed by atoms with Crippen LogP contribution in [0.25, 0.3) is 0 Å². The SMILES string of the molecule is CC1(C)C(=O)CC1Oc1ccc2c(c1)CCC2. The summed E-state index contributed by atoms with van der Waals surface area (Å²) in [6.45, 7) is 3.94. The fourth-order valence-electron chi connectivity index (χ4n) is 2.71. The van der Waals surface area contributed by atoms with Gasteiger partial charge >= 0.3 is 0 Å². The number of fused-ring (bicyclic) bond motifs is 1. The maximum absolute atomic E-state index is 11.5. The van der Waals surface area contributed by atoms with Gasteiger partial charge in [0.05, 0.1) is 5.41 Å². The van der Waals surface area contributed by atoms with E-state index in [1.807, 2.05) is 19.9 Å². The average Bonchev–Trinajstić information content (AvgIpc) is 2.76. The molecule has 1 fully saturated rings. The Morgan fingerprint density at radius 1 is 1.24 bits per heavy atom. The molecule has 0 radical (unpaired) electrons. The highest BCUT2D eigenvalue weighted by atomic mass is 16.5. The van der Waals surface area contributed by atoms with Crippen molar-refractivity contribution in [2.45, 2.75) is 45.6 Å². The highest BCUT2D eigenvalue weighted by molar-refractivity contribution is 5.91. The van der Waals surface area contributed by atoms with Gasteiger partial charge < -0.3 is 4.74 Å². The van der Waals surface area contributed by atoms with Crippen LogP contribution in [0.4, 0.5) is 0 Å². The molecule has 0 aromatic heterocycles. The van der Waals surface area contributed by atoms with Gasteiger partial charge in [0.2, 0.25) is 0 Å². The fraction of sp³-hybridized carbons (Fsp3) is 0.533. The lowest BCUT2D eigenvalue weighted by Gasteiger charge is -2.42. The first-order valence-electron chi connectivity index (χ1n) is 6.39. The smallest absolute Gasteiger partial charge is 0.145 e. The second kappa shape index (κ2) is 3.59. The summed E-state index contributed by atoms with van der Waals surface area (Å²) in [5.74, 6) is 1.24. The molecule has 0 heterocycles. The second-order valence-corrected chi connectivity index (χ2v) is 5.74. The van der Waals surface area contributed by atoms with Crippen LogP contribution in [0.15, 0.2) is 18.2 Å². The molecule has 1 atom stereocenters. The lowest BCUT2D eigenvalue weighted by Crippen LogP contribution is -2.52. The number of hydrogen-bond donors (Lipinski definition) is 0. The molecule has 0 N–H and O–H groups in total. The third kappa shape index (κ3) is 1.67. The number of carbonyl (C=O) groups excluding carboxylic acids is 1. The number of benzene rings is 1. The highest BCUT2D eigenvalue weighted by Gasteiger charge is 2.49. The molecule has 3 rings (SSSR count). The van der Waals surface area contributed by atoms with Gasteiger partial charge in [0, 0.05) is 6.42 Å². The van der Waals surface area contributed by atoms with Gasteiger partial charge in [0.15, 0.2) is 0 Å². The minimum Gasteiger partial charge on any atom is -0.489 e. The molecule has 2 aliphatic rings. The Labute approximate surface area is 102 Å². The van der Waals surface area contributed by atoms with Gasteiger partial charge in [-0.25, -0.2) is 0 Å². The van der Waals surface area contributed by atoms with Crippen LogP contribution in [-0.4, -0.2) is 11.9 Å². The first kappa shape index (κ1) is 10.8. The number of hydrogen-bond acceptors (Lipinski definition) is 2. The predicted octanol–water partition coefficient (Wildman–Crippen LogP) is 2.92. The first-order chi connectivity index (χ1) is 8.07. The summed E-state index contributed by atoms with van der Waals surface area (Å²) >= 11 is 0. The molecule has 2 aliphatic carbocycles. The van der Waals surface area contributed by atoms with E-state index in [2.05, 4.69) is 12.1 Å². The first-order valence-corrected chi connectivity index (χ1v) is 6.39. The molecule has 2 heteroatoms. The van der Waals surface area contributed by atoms with Crippen LogP contribution in [0.2, 0.25) is 0 Å². The summed E-state index contributed by atoms with van der Waals surface area (Å²) in [5.41, 5.74) is 2.58. The zero-order valence-corrected chi connectivity index (χ0v) is 10.5. The van der Waals surface area contributed by atoms with E-state index < -0.39 is 0 Å². The van der Waals surface area contributed by atoms with Gasteiger partial charge in [-0.15, -0.1) is 0 Å². The summed E-state index contributed by atoms with van der Waals surface area (Å²) in [5, 5.41) is 0. The van der Waals surface area contributed by atoms with E-state index in [0.717, 1.165) is 5.75 Å². The van der Waals surface area contributed by atoms with Crippen LogP contribution in [0.1, 0.15) is 37.8 Å². The number of ether oxygens (including phenoxy) is 1. The average molecular weight is 230 g/mol. The molecule has 0 aliphatic heterocycles. The molecule has 0 bridgehead atoms. The molecule has 2 nitrogen and oxygen atoms in total. The molecule has 1 aromatic carbocycles. The van der Waals surface area contributed by atoms with Crippen molar-refractivity contribution in [1.29, 1.82) is 0 Å². The number of rotatable bonds is 2. The number of ketones is 1. The van der Waals surface area contributed by atoms with E-state index in [0.29, 0.717) is 12.2 Å². The van der Waals surface area contributed by atoms with E-state index in [1.165, 1.54) is 30.4 Å². The molecule has 90 valence electrons. The van der Waals surface area contributed by atoms with Gasteiger partial charge in [0.1, 0.15) is 17.6 Å². The Hall–Kier alpha value is -1.31. The summed E-state index contributed by atoms with van der Waals surface area (Å²) < 4.78 is 5.94. The van der Waals surface area contributed by atoms with Crippen molar-refractivity contribution in [3.8, 4) is 5.75 Å². The van der Waals surface area contributed by atoms with Crippen LogP contribution in [0.5, 0.6) is 5.75 Å². The number of carbonyl (C=O) groups is 1. The van der Waals surface area contributed by atoms with Crippen LogP contribution in [0.3, 0.4) is 0 Å². The van der Waals surface area contributed by atoms with Crippen molar-refractivity contribution in [2.24, 2.45) is 5.41 Å². The van der Waals surface area contributed by atoms with Gasteiger partial charge in [0.25, 0.3) is 0 Å². The predicted molar refractivity (Wildman–Crippen MR) is 66.3 cm³/mol. The zero-order valence-electron chi connectivity index (χ0n) is 10.5. The van der Waals surface area contributed by atoms with Gasteiger partial charge in [-0.2, -0.15) is 0 Å². The summed E-state index contributed by atoms with van der Waals surface area (Å²) in [7, 11) is 0. The molecular weight excluding hydrogens is 212 g/mol. The maximum Gasteiger partial charge on any atom is 0.145 e. The van der Waals surface area contributed by atoms with E-state index >= 15 is 0 Å². The molecule has 0 spiro atoms.